The number of rotatable bonds is 4. The zero-order chi connectivity index (χ0) is 44.6. The predicted molar refractivity (Wildman–Crippen MR) is 254 cm³/mol. The lowest BCUT2D eigenvalue weighted by Crippen LogP contribution is -2.26. The quantitative estimate of drug-likeness (QED) is 0.157. The number of fused-ring (bicyclic) bond motifs is 12. The van der Waals surface area contributed by atoms with Gasteiger partial charge in [-0.2, -0.15) is 26.3 Å². The molecule has 0 aliphatic rings. The van der Waals surface area contributed by atoms with E-state index >= 15 is 26.3 Å². The van der Waals surface area contributed by atoms with E-state index in [-0.39, 0.29) is 16.7 Å². The second kappa shape index (κ2) is 13.6. The van der Waals surface area contributed by atoms with Crippen molar-refractivity contribution in [3.63, 3.8) is 0 Å². The fourth-order valence-corrected chi connectivity index (χ4v) is 10.8. The molecular weight excluding hydrogens is 843 g/mol. The van der Waals surface area contributed by atoms with Gasteiger partial charge >= 0.3 is 12.4 Å². The Bertz CT molecular complexity index is 3790. The molecule has 13 aromatic rings. The smallest absolute Gasteiger partial charge is 0.308 e. The first kappa shape index (κ1) is 38.2. The van der Waals surface area contributed by atoms with Gasteiger partial charge in [0.05, 0.1) is 66.9 Å². The maximum atomic E-state index is 17.5. The maximum Gasteiger partial charge on any atom is 0.420 e. The van der Waals surface area contributed by atoms with Gasteiger partial charge in [0.15, 0.2) is 0 Å². The SMILES string of the molecule is FC(F)(F)c1c(-n2c3ccccc3c3ccccc32)c(-n2c3ccccc3c3ccccc32)c(-n2c3ccccc3c3ccccc32)c(C(F)(F)F)c1-n1c2ccccc2c2ccccc21. The number of benzene rings is 9. The van der Waals surface area contributed by atoms with Gasteiger partial charge in [0, 0.05) is 43.1 Å². The van der Waals surface area contributed by atoms with Crippen molar-refractivity contribution in [1.29, 1.82) is 0 Å². The van der Waals surface area contributed by atoms with Crippen LogP contribution in [0.5, 0.6) is 0 Å². The molecule has 0 radical (unpaired) electrons. The number of halogens is 6. The van der Waals surface area contributed by atoms with E-state index in [1.165, 1.54) is 4.57 Å². The summed E-state index contributed by atoms with van der Waals surface area (Å²) in [5.74, 6) is 0. The highest BCUT2D eigenvalue weighted by Gasteiger charge is 2.50. The molecule has 0 unspecified atom stereocenters. The Morgan fingerprint density at radius 1 is 0.212 bits per heavy atom. The van der Waals surface area contributed by atoms with Crippen LogP contribution in [0.3, 0.4) is 0 Å². The molecule has 0 aliphatic heterocycles. The Labute approximate surface area is 371 Å². The van der Waals surface area contributed by atoms with Gasteiger partial charge in [-0.3, -0.25) is 0 Å². The van der Waals surface area contributed by atoms with E-state index in [2.05, 4.69) is 0 Å². The van der Waals surface area contributed by atoms with Crippen LogP contribution < -0.4 is 0 Å². The van der Waals surface area contributed by atoms with Gasteiger partial charge in [-0.1, -0.05) is 146 Å². The van der Waals surface area contributed by atoms with Crippen LogP contribution in [0.15, 0.2) is 194 Å². The fraction of sp³-hybridized carbons (Fsp3) is 0.0357. The topological polar surface area (TPSA) is 19.7 Å². The van der Waals surface area contributed by atoms with E-state index in [9.17, 15) is 0 Å². The van der Waals surface area contributed by atoms with Crippen molar-refractivity contribution >= 4 is 87.2 Å². The van der Waals surface area contributed by atoms with Gasteiger partial charge in [0.25, 0.3) is 0 Å². The minimum Gasteiger partial charge on any atom is -0.308 e. The molecule has 9 aromatic carbocycles. The maximum absolute atomic E-state index is 17.5. The van der Waals surface area contributed by atoms with E-state index in [0.29, 0.717) is 76.2 Å². The first-order valence-electron chi connectivity index (χ1n) is 21.4. The molecule has 4 nitrogen and oxygen atoms in total. The summed E-state index contributed by atoms with van der Waals surface area (Å²) in [4.78, 5) is 0. The zero-order valence-corrected chi connectivity index (χ0v) is 34.5. The molecule has 0 bridgehead atoms. The van der Waals surface area contributed by atoms with Gasteiger partial charge < -0.3 is 18.3 Å². The second-order valence-corrected chi connectivity index (χ2v) is 16.6. The summed E-state index contributed by atoms with van der Waals surface area (Å²) < 4.78 is 111. The minimum atomic E-state index is -5.39. The van der Waals surface area contributed by atoms with Crippen LogP contribution in [0, 0.1) is 0 Å². The van der Waals surface area contributed by atoms with E-state index in [1.807, 2.05) is 72.8 Å². The van der Waals surface area contributed by atoms with Crippen molar-refractivity contribution in [3.05, 3.63) is 205 Å². The molecule has 13 rings (SSSR count). The van der Waals surface area contributed by atoms with Gasteiger partial charge in [-0.15, -0.1) is 0 Å². The van der Waals surface area contributed by atoms with Crippen molar-refractivity contribution in [2.45, 2.75) is 12.4 Å². The average molecular weight is 875 g/mol. The van der Waals surface area contributed by atoms with Gasteiger partial charge in [0.2, 0.25) is 0 Å². The van der Waals surface area contributed by atoms with Gasteiger partial charge in [0.1, 0.15) is 11.1 Å². The third kappa shape index (κ3) is 5.17. The Morgan fingerprint density at radius 2 is 0.379 bits per heavy atom. The lowest BCUT2D eigenvalue weighted by molar-refractivity contribution is -0.142. The van der Waals surface area contributed by atoms with Crippen LogP contribution >= 0.6 is 0 Å². The molecule has 0 saturated heterocycles. The lowest BCUT2D eigenvalue weighted by atomic mass is 9.96. The number of hydrogen-bond acceptors (Lipinski definition) is 0. The summed E-state index contributed by atoms with van der Waals surface area (Å²) in [6.07, 6.45) is -10.8. The molecule has 318 valence electrons. The number of nitrogens with zero attached hydrogens (tertiary/aromatic N) is 4. The molecule has 10 heteroatoms. The Morgan fingerprint density at radius 3 is 0.576 bits per heavy atom. The molecule has 0 saturated carbocycles. The average Bonchev–Trinajstić information content (AvgIpc) is 4.05. The molecule has 4 heterocycles. The zero-order valence-electron chi connectivity index (χ0n) is 34.5. The Hall–Kier alpha value is -8.24. The normalized spacial score (nSPS) is 12.7. The number of aromatic nitrogens is 4. The molecule has 66 heavy (non-hydrogen) atoms. The van der Waals surface area contributed by atoms with Gasteiger partial charge in [-0.05, 0) is 48.5 Å². The lowest BCUT2D eigenvalue weighted by Gasteiger charge is -2.32. The molecule has 0 spiro atoms. The van der Waals surface area contributed by atoms with Crippen LogP contribution in [0.2, 0.25) is 0 Å². The highest BCUT2D eigenvalue weighted by Crippen LogP contribution is 2.55. The third-order valence-electron chi connectivity index (χ3n) is 13.2. The van der Waals surface area contributed by atoms with Crippen molar-refractivity contribution in [2.24, 2.45) is 0 Å². The summed E-state index contributed by atoms with van der Waals surface area (Å²) >= 11 is 0. The minimum absolute atomic E-state index is 0.195. The summed E-state index contributed by atoms with van der Waals surface area (Å²) in [6.45, 7) is 0. The monoisotopic (exact) mass is 874 g/mol. The largest absolute Gasteiger partial charge is 0.420 e. The molecule has 4 aromatic heterocycles. The predicted octanol–water partition coefficient (Wildman–Crippen LogP) is 16.1. The van der Waals surface area contributed by atoms with Crippen LogP contribution in [0.1, 0.15) is 11.1 Å². The third-order valence-corrected chi connectivity index (χ3v) is 13.2. The van der Waals surface area contributed by atoms with E-state index in [4.69, 9.17) is 0 Å². The van der Waals surface area contributed by atoms with Crippen molar-refractivity contribution in [2.75, 3.05) is 0 Å². The Balaban J connectivity index is 1.44. The molecule has 0 atom stereocenters. The first-order valence-corrected chi connectivity index (χ1v) is 21.4. The molecule has 0 fully saturated rings. The summed E-state index contributed by atoms with van der Waals surface area (Å²) in [5, 5.41) is 4.94. The van der Waals surface area contributed by atoms with Crippen molar-refractivity contribution < 1.29 is 26.3 Å². The second-order valence-electron chi connectivity index (χ2n) is 16.6. The summed E-state index contributed by atoms with van der Waals surface area (Å²) in [7, 11) is 0. The van der Waals surface area contributed by atoms with Crippen LogP contribution in [0.25, 0.3) is 110 Å². The van der Waals surface area contributed by atoms with Crippen LogP contribution in [-0.4, -0.2) is 18.3 Å². The first-order chi connectivity index (χ1) is 32.1. The fourth-order valence-electron chi connectivity index (χ4n) is 10.8. The molecule has 0 amide bonds. The highest BCUT2D eigenvalue weighted by molar-refractivity contribution is 6.15. The Kier molecular flexibility index (Phi) is 7.90. The van der Waals surface area contributed by atoms with E-state index in [1.54, 1.807) is 135 Å². The summed E-state index contributed by atoms with van der Waals surface area (Å²) in [6, 6.07) is 56.4. The van der Waals surface area contributed by atoms with Crippen molar-refractivity contribution in [1.82, 2.24) is 18.3 Å². The molecular formula is C56H32F6N4. The van der Waals surface area contributed by atoms with E-state index < -0.39 is 40.5 Å². The molecule has 0 N–H and O–H groups in total. The van der Waals surface area contributed by atoms with Gasteiger partial charge in [-0.25, -0.2) is 0 Å². The van der Waals surface area contributed by atoms with Crippen molar-refractivity contribution in [3.8, 4) is 22.7 Å². The number of hydrogen-bond donors (Lipinski definition) is 0. The van der Waals surface area contributed by atoms with Crippen LogP contribution in [-0.2, 0) is 12.4 Å². The van der Waals surface area contributed by atoms with E-state index in [0.717, 1.165) is 0 Å². The summed E-state index contributed by atoms with van der Waals surface area (Å²) in [5.41, 5.74) is -2.23. The number of alkyl halides is 6. The number of para-hydroxylation sites is 8. The van der Waals surface area contributed by atoms with Crippen LogP contribution in [0.4, 0.5) is 26.3 Å². The molecule has 0 aliphatic carbocycles. The standard InChI is InChI=1S/C56H32F6N4/c57-55(58,59)49-51(63-41-25-9-1-17-33(41)34-18-2-10-26-42(34)63)50(56(60,61)62)53(65-45-29-13-5-21-37(45)38-22-6-14-30-46(38)65)54(66-47-31-15-7-23-39(47)40-24-8-16-32-48(40)66)52(49)64-43-27-11-3-19-35(43)36-20-4-12-28-44(36)64/h1-32H. The highest BCUT2D eigenvalue weighted by atomic mass is 19.4.